The third kappa shape index (κ3) is 5.65. The average Bonchev–Trinajstić information content (AvgIpc) is 3.05. The number of carbonyl (C=O) groups excluding carboxylic acids is 2. The van der Waals surface area contributed by atoms with E-state index in [0.29, 0.717) is 36.6 Å². The van der Waals surface area contributed by atoms with E-state index in [1.54, 1.807) is 18.3 Å². The number of Topliss-reactive ketones (excluding diaryl/α,β-unsaturated/α-hetero) is 1. The highest BCUT2D eigenvalue weighted by Crippen LogP contribution is 2.12. The summed E-state index contributed by atoms with van der Waals surface area (Å²) in [5, 5.41) is 7.06. The summed E-state index contributed by atoms with van der Waals surface area (Å²) in [6, 6.07) is 13.0. The van der Waals surface area contributed by atoms with E-state index in [0.717, 1.165) is 6.42 Å². The maximum absolute atomic E-state index is 12.3. The van der Waals surface area contributed by atoms with Gasteiger partial charge in [-0.2, -0.15) is 0 Å². The van der Waals surface area contributed by atoms with Gasteiger partial charge in [0.2, 0.25) is 5.91 Å². The van der Waals surface area contributed by atoms with E-state index < -0.39 is 0 Å². The van der Waals surface area contributed by atoms with Gasteiger partial charge in [0.05, 0.1) is 0 Å². The van der Waals surface area contributed by atoms with Crippen molar-refractivity contribution in [2.75, 3.05) is 6.54 Å². The van der Waals surface area contributed by atoms with E-state index in [1.807, 2.05) is 30.3 Å². The van der Waals surface area contributed by atoms with Crippen molar-refractivity contribution in [1.29, 1.82) is 0 Å². The van der Waals surface area contributed by atoms with Gasteiger partial charge in [-0.05, 0) is 36.5 Å². The summed E-state index contributed by atoms with van der Waals surface area (Å²) in [6.07, 6.45) is 3.58. The average molecular weight is 409 g/mol. The van der Waals surface area contributed by atoms with Gasteiger partial charge in [-0.15, -0.1) is 5.10 Å². The molecule has 0 spiro atoms. The van der Waals surface area contributed by atoms with Crippen LogP contribution < -0.4 is 11.0 Å². The first-order valence-electron chi connectivity index (χ1n) is 10.4. The molecule has 0 radical (unpaired) electrons. The fourth-order valence-corrected chi connectivity index (χ4v) is 3.33. The second-order valence-electron chi connectivity index (χ2n) is 7.86. The number of aryl methyl sites for hydroxylation is 1. The molecule has 0 saturated heterocycles. The van der Waals surface area contributed by atoms with Crippen molar-refractivity contribution in [3.63, 3.8) is 0 Å². The van der Waals surface area contributed by atoms with Gasteiger partial charge in [0.25, 0.3) is 0 Å². The number of pyridine rings is 1. The predicted molar refractivity (Wildman–Crippen MR) is 116 cm³/mol. The van der Waals surface area contributed by atoms with Crippen molar-refractivity contribution in [1.82, 2.24) is 19.5 Å². The molecule has 1 aromatic carbocycles. The van der Waals surface area contributed by atoms with Crippen molar-refractivity contribution >= 4 is 17.3 Å². The highest BCUT2D eigenvalue weighted by Gasteiger charge is 2.10. The number of hydrogen-bond acceptors (Lipinski definition) is 4. The molecule has 30 heavy (non-hydrogen) atoms. The lowest BCUT2D eigenvalue weighted by Gasteiger charge is -2.07. The van der Waals surface area contributed by atoms with Gasteiger partial charge in [-0.3, -0.25) is 14.0 Å². The highest BCUT2D eigenvalue weighted by atomic mass is 16.2. The molecule has 0 unspecified atom stereocenters. The Kier molecular flexibility index (Phi) is 7.17. The smallest absolute Gasteiger partial charge is 0.350 e. The third-order valence-electron chi connectivity index (χ3n) is 4.86. The zero-order valence-electron chi connectivity index (χ0n) is 17.5. The Labute approximate surface area is 175 Å². The number of benzene rings is 1. The SMILES string of the molecule is CC(C)Cc1ccc(C(=O)CCC(=O)NCCCn2nc3ccccn3c2=O)cc1. The van der Waals surface area contributed by atoms with E-state index in [2.05, 4.69) is 24.3 Å². The van der Waals surface area contributed by atoms with E-state index in [9.17, 15) is 14.4 Å². The summed E-state index contributed by atoms with van der Waals surface area (Å²) in [5.41, 5.74) is 2.26. The van der Waals surface area contributed by atoms with Crippen molar-refractivity contribution in [2.45, 2.75) is 46.1 Å². The molecule has 0 aliphatic heterocycles. The Balaban J connectivity index is 1.38. The van der Waals surface area contributed by atoms with E-state index >= 15 is 0 Å². The largest absolute Gasteiger partial charge is 0.356 e. The first-order chi connectivity index (χ1) is 14.4. The van der Waals surface area contributed by atoms with Crippen LogP contribution in [0.5, 0.6) is 0 Å². The monoisotopic (exact) mass is 408 g/mol. The van der Waals surface area contributed by atoms with Gasteiger partial charge in [0.1, 0.15) is 0 Å². The lowest BCUT2D eigenvalue weighted by molar-refractivity contribution is -0.121. The summed E-state index contributed by atoms with van der Waals surface area (Å²) >= 11 is 0. The topological polar surface area (TPSA) is 85.5 Å². The van der Waals surface area contributed by atoms with Crippen LogP contribution in [0.1, 0.15) is 49.0 Å². The fourth-order valence-electron chi connectivity index (χ4n) is 3.33. The number of amides is 1. The molecule has 1 N–H and O–H groups in total. The van der Waals surface area contributed by atoms with Crippen LogP contribution in [-0.4, -0.2) is 32.4 Å². The van der Waals surface area contributed by atoms with Crippen molar-refractivity contribution in [2.24, 2.45) is 5.92 Å². The van der Waals surface area contributed by atoms with Crippen LogP contribution in [0.25, 0.3) is 5.65 Å². The van der Waals surface area contributed by atoms with Crippen LogP contribution in [0.3, 0.4) is 0 Å². The van der Waals surface area contributed by atoms with Crippen LogP contribution >= 0.6 is 0 Å². The number of hydrogen-bond donors (Lipinski definition) is 1. The molecule has 2 heterocycles. The molecule has 2 aromatic heterocycles. The molecule has 3 aromatic rings. The predicted octanol–water partition coefficient (Wildman–Crippen LogP) is 2.86. The van der Waals surface area contributed by atoms with Gasteiger partial charge in [0.15, 0.2) is 11.4 Å². The summed E-state index contributed by atoms with van der Waals surface area (Å²) in [5.74, 6) is 0.376. The zero-order valence-corrected chi connectivity index (χ0v) is 17.5. The van der Waals surface area contributed by atoms with E-state index in [4.69, 9.17) is 0 Å². The first kappa shape index (κ1) is 21.5. The summed E-state index contributed by atoms with van der Waals surface area (Å²) in [4.78, 5) is 36.5. The number of fused-ring (bicyclic) bond motifs is 1. The number of rotatable bonds is 10. The number of aromatic nitrogens is 3. The van der Waals surface area contributed by atoms with E-state index in [-0.39, 0.29) is 30.2 Å². The minimum Gasteiger partial charge on any atom is -0.356 e. The van der Waals surface area contributed by atoms with Gasteiger partial charge in [0, 0.05) is 37.7 Å². The number of nitrogens with zero attached hydrogens (tertiary/aromatic N) is 3. The Hall–Kier alpha value is -3.22. The fraction of sp³-hybridized carbons (Fsp3) is 0.391. The highest BCUT2D eigenvalue weighted by molar-refractivity contribution is 5.97. The maximum atomic E-state index is 12.3. The van der Waals surface area contributed by atoms with Crippen LogP contribution in [0.15, 0.2) is 53.5 Å². The van der Waals surface area contributed by atoms with Crippen LogP contribution in [0.4, 0.5) is 0 Å². The summed E-state index contributed by atoms with van der Waals surface area (Å²) in [6.45, 7) is 5.17. The molecule has 0 aliphatic carbocycles. The normalized spacial score (nSPS) is 11.2. The molecule has 1 amide bonds. The van der Waals surface area contributed by atoms with Crippen LogP contribution in [-0.2, 0) is 17.8 Å². The lowest BCUT2D eigenvalue weighted by Crippen LogP contribution is -2.27. The van der Waals surface area contributed by atoms with Crippen LogP contribution in [0.2, 0.25) is 0 Å². The molecule has 0 aliphatic rings. The third-order valence-corrected chi connectivity index (χ3v) is 4.86. The van der Waals surface area contributed by atoms with Crippen molar-refractivity contribution < 1.29 is 9.59 Å². The Morgan fingerprint density at radius 1 is 1.07 bits per heavy atom. The van der Waals surface area contributed by atoms with Gasteiger partial charge < -0.3 is 5.32 Å². The Bertz CT molecular complexity index is 1060. The molecule has 7 nitrogen and oxygen atoms in total. The molecule has 158 valence electrons. The minimum absolute atomic E-state index is 0.0301. The molecule has 7 heteroatoms. The molecule has 0 bridgehead atoms. The lowest BCUT2D eigenvalue weighted by atomic mass is 9.99. The Morgan fingerprint density at radius 3 is 2.53 bits per heavy atom. The zero-order chi connectivity index (χ0) is 21.5. The Morgan fingerprint density at radius 2 is 1.83 bits per heavy atom. The van der Waals surface area contributed by atoms with Crippen molar-refractivity contribution in [3.05, 3.63) is 70.3 Å². The van der Waals surface area contributed by atoms with Gasteiger partial charge in [-0.1, -0.05) is 44.2 Å². The second-order valence-corrected chi connectivity index (χ2v) is 7.86. The molecular weight excluding hydrogens is 380 g/mol. The minimum atomic E-state index is -0.193. The van der Waals surface area contributed by atoms with Crippen molar-refractivity contribution in [3.8, 4) is 0 Å². The first-order valence-corrected chi connectivity index (χ1v) is 10.4. The number of ketones is 1. The number of carbonyl (C=O) groups is 2. The van der Waals surface area contributed by atoms with Crippen LogP contribution in [0, 0.1) is 5.92 Å². The van der Waals surface area contributed by atoms with E-state index in [1.165, 1.54) is 14.6 Å². The van der Waals surface area contributed by atoms with Gasteiger partial charge >= 0.3 is 5.69 Å². The summed E-state index contributed by atoms with van der Waals surface area (Å²) in [7, 11) is 0. The summed E-state index contributed by atoms with van der Waals surface area (Å²) < 4.78 is 2.88. The molecule has 0 atom stereocenters. The molecule has 3 rings (SSSR count). The second kappa shape index (κ2) is 10.0. The molecule has 0 fully saturated rings. The number of nitrogens with one attached hydrogen (secondary N) is 1. The standard InChI is InChI=1S/C23H28N4O3/c1-17(2)16-18-7-9-19(10-8-18)20(28)11-12-22(29)24-13-5-15-27-23(30)26-14-4-3-6-21(26)25-27/h3-4,6-10,14,17H,5,11-13,15-16H2,1-2H3,(H,24,29). The molecule has 0 saturated carbocycles. The molecular formula is C23H28N4O3. The van der Waals surface area contributed by atoms with Gasteiger partial charge in [-0.25, -0.2) is 9.48 Å². The quantitative estimate of drug-likeness (QED) is 0.413. The maximum Gasteiger partial charge on any atom is 0.350 e.